The van der Waals surface area contributed by atoms with Crippen LogP contribution in [0.25, 0.3) is 6.08 Å². The van der Waals surface area contributed by atoms with Crippen LogP contribution in [0.2, 0.25) is 5.02 Å². The van der Waals surface area contributed by atoms with Crippen LogP contribution in [0.3, 0.4) is 0 Å². The maximum absolute atomic E-state index is 14.3. The second-order valence-electron chi connectivity index (χ2n) is 9.07. The summed E-state index contributed by atoms with van der Waals surface area (Å²) in [7, 11) is 0. The van der Waals surface area contributed by atoms with Crippen molar-refractivity contribution < 1.29 is 27.4 Å². The van der Waals surface area contributed by atoms with Gasteiger partial charge in [-0.3, -0.25) is 9.36 Å². The molecule has 4 aromatic rings. The third-order valence-corrected chi connectivity index (χ3v) is 8.00. The van der Waals surface area contributed by atoms with Crippen LogP contribution >= 0.6 is 38.9 Å². The average molecular weight is 678 g/mol. The molecule has 0 amide bonds. The lowest BCUT2D eigenvalue weighted by Crippen LogP contribution is -2.41. The Bertz CT molecular complexity index is 1850. The van der Waals surface area contributed by atoms with Gasteiger partial charge in [0.25, 0.3) is 5.56 Å². The predicted molar refractivity (Wildman–Crippen MR) is 157 cm³/mol. The van der Waals surface area contributed by atoms with Crippen molar-refractivity contribution in [3.63, 3.8) is 0 Å². The highest BCUT2D eigenvalue weighted by Crippen LogP contribution is 2.38. The second-order valence-corrected chi connectivity index (χ2v) is 11.4. The zero-order valence-electron chi connectivity index (χ0n) is 21.8. The number of ether oxygens (including phenoxy) is 2. The Kier molecular flexibility index (Phi) is 8.72. The van der Waals surface area contributed by atoms with Gasteiger partial charge >= 0.3 is 12.1 Å². The zero-order chi connectivity index (χ0) is 30.0. The molecular weight excluding hydrogens is 657 g/mol. The molecule has 0 saturated carbocycles. The number of carbonyl (C=O) groups excluding carboxylic acids is 1. The Morgan fingerprint density at radius 2 is 1.83 bits per heavy atom. The molecule has 0 N–H and O–H groups in total. The first-order chi connectivity index (χ1) is 20.1. The zero-order valence-corrected chi connectivity index (χ0v) is 25.0. The molecule has 0 spiro atoms. The minimum Gasteiger partial charge on any atom is -0.488 e. The van der Waals surface area contributed by atoms with Crippen molar-refractivity contribution in [2.24, 2.45) is 4.99 Å². The lowest BCUT2D eigenvalue weighted by molar-refractivity contribution is -0.140. The maximum atomic E-state index is 14.3. The van der Waals surface area contributed by atoms with Crippen LogP contribution in [0.15, 0.2) is 98.3 Å². The van der Waals surface area contributed by atoms with E-state index in [9.17, 15) is 22.8 Å². The van der Waals surface area contributed by atoms with E-state index >= 15 is 0 Å². The molecule has 3 aromatic carbocycles. The van der Waals surface area contributed by atoms with Gasteiger partial charge in [0.2, 0.25) is 0 Å². The molecule has 6 nitrogen and oxygen atoms in total. The van der Waals surface area contributed by atoms with Gasteiger partial charge in [0.05, 0.1) is 22.8 Å². The first-order valence-electron chi connectivity index (χ1n) is 12.6. The van der Waals surface area contributed by atoms with Crippen molar-refractivity contribution in [3.8, 4) is 5.75 Å². The Balaban J connectivity index is 1.70. The molecule has 1 aromatic heterocycles. The molecule has 0 aliphatic carbocycles. The van der Waals surface area contributed by atoms with Gasteiger partial charge in [-0.25, -0.2) is 9.79 Å². The van der Waals surface area contributed by atoms with Crippen LogP contribution in [0, 0.1) is 0 Å². The number of thiazole rings is 1. The SMILES string of the molecule is CCOC(=O)C1=C(C(F)(F)F)N=c2s/c(=C\c3cc(Br)ccc3OCc3ccccc3)c(=O)n2[C@H]1c1ccc(Cl)cc1. The lowest BCUT2D eigenvalue weighted by Gasteiger charge is -2.26. The van der Waals surface area contributed by atoms with E-state index in [2.05, 4.69) is 20.9 Å². The van der Waals surface area contributed by atoms with E-state index in [1.54, 1.807) is 18.2 Å². The summed E-state index contributed by atoms with van der Waals surface area (Å²) in [5, 5.41) is 0.335. The molecule has 5 rings (SSSR count). The number of carbonyl (C=O) groups is 1. The molecule has 216 valence electrons. The lowest BCUT2D eigenvalue weighted by atomic mass is 9.95. The Hall–Kier alpha value is -3.67. The number of fused-ring (bicyclic) bond motifs is 1. The first kappa shape index (κ1) is 29.8. The van der Waals surface area contributed by atoms with Gasteiger partial charge in [-0.2, -0.15) is 13.2 Å². The highest BCUT2D eigenvalue weighted by Gasteiger charge is 2.45. The van der Waals surface area contributed by atoms with Crippen molar-refractivity contribution in [3.05, 3.63) is 130 Å². The molecule has 1 aliphatic rings. The minimum absolute atomic E-state index is 0.0991. The van der Waals surface area contributed by atoms with Crippen LogP contribution in [0.5, 0.6) is 5.75 Å². The standard InChI is InChI=1S/C30H21BrClF3N2O4S/c1-2-40-28(39)24-25(18-8-11-21(32)12-9-18)37-27(38)23(42-29(37)36-26(24)30(33,34)35)15-19-14-20(31)10-13-22(19)41-16-17-6-4-3-5-7-17/h3-15,25H,2,16H2,1H3/b23-15-/t25-/m0/s1. The minimum atomic E-state index is -5.00. The number of rotatable bonds is 7. The van der Waals surface area contributed by atoms with E-state index < -0.39 is 35.0 Å². The van der Waals surface area contributed by atoms with E-state index in [0.29, 0.717) is 20.8 Å². The van der Waals surface area contributed by atoms with Crippen LogP contribution in [0.4, 0.5) is 13.2 Å². The number of benzene rings is 3. The van der Waals surface area contributed by atoms with Crippen molar-refractivity contribution in [1.29, 1.82) is 0 Å². The van der Waals surface area contributed by atoms with E-state index in [1.807, 2.05) is 30.3 Å². The summed E-state index contributed by atoms with van der Waals surface area (Å²) in [6.07, 6.45) is -3.46. The second kappa shape index (κ2) is 12.3. The molecule has 0 radical (unpaired) electrons. The van der Waals surface area contributed by atoms with Crippen LogP contribution in [-0.2, 0) is 16.1 Å². The summed E-state index contributed by atoms with van der Waals surface area (Å²) < 4.78 is 55.9. The quantitative estimate of drug-likeness (QED) is 0.214. The fraction of sp³-hybridized carbons (Fsp3) is 0.167. The molecule has 0 saturated heterocycles. The Labute approximate surface area is 255 Å². The molecule has 0 unspecified atom stereocenters. The molecule has 1 atom stereocenters. The number of aromatic nitrogens is 1. The monoisotopic (exact) mass is 676 g/mol. The summed E-state index contributed by atoms with van der Waals surface area (Å²) in [4.78, 5) is 30.4. The average Bonchev–Trinajstić information content (AvgIpc) is 3.27. The third-order valence-electron chi connectivity index (χ3n) is 6.28. The Morgan fingerprint density at radius 1 is 1.12 bits per heavy atom. The number of hydrogen-bond donors (Lipinski definition) is 0. The number of halogens is 5. The number of esters is 1. The van der Waals surface area contributed by atoms with Gasteiger partial charge in [-0.05, 0) is 54.5 Å². The molecule has 1 aliphatic heterocycles. The van der Waals surface area contributed by atoms with Crippen LogP contribution in [0.1, 0.15) is 29.7 Å². The third kappa shape index (κ3) is 6.23. The smallest absolute Gasteiger partial charge is 0.434 e. The van der Waals surface area contributed by atoms with Crippen molar-refractivity contribution >= 4 is 50.9 Å². The fourth-order valence-electron chi connectivity index (χ4n) is 4.44. The van der Waals surface area contributed by atoms with Crippen LogP contribution in [-0.4, -0.2) is 23.3 Å². The maximum Gasteiger partial charge on any atom is 0.434 e. The van der Waals surface area contributed by atoms with Crippen LogP contribution < -0.4 is 19.6 Å². The Morgan fingerprint density at radius 3 is 2.50 bits per heavy atom. The molecular formula is C30H21BrClF3N2O4S. The highest BCUT2D eigenvalue weighted by atomic mass is 79.9. The van der Waals surface area contributed by atoms with Gasteiger partial charge in [0, 0.05) is 15.1 Å². The predicted octanol–water partition coefficient (Wildman–Crippen LogP) is 6.34. The summed E-state index contributed by atoms with van der Waals surface area (Å²) >= 11 is 10.2. The molecule has 12 heteroatoms. The molecule has 0 fully saturated rings. The summed E-state index contributed by atoms with van der Waals surface area (Å²) in [6.45, 7) is 1.58. The number of alkyl halides is 3. The van der Waals surface area contributed by atoms with Gasteiger partial charge in [0.1, 0.15) is 12.4 Å². The van der Waals surface area contributed by atoms with Crippen molar-refractivity contribution in [2.45, 2.75) is 25.7 Å². The van der Waals surface area contributed by atoms with E-state index in [-0.39, 0.29) is 28.1 Å². The topological polar surface area (TPSA) is 69.9 Å². The molecule has 0 bridgehead atoms. The van der Waals surface area contributed by atoms with Gasteiger partial charge < -0.3 is 9.47 Å². The van der Waals surface area contributed by atoms with Crippen molar-refractivity contribution in [1.82, 2.24) is 4.57 Å². The van der Waals surface area contributed by atoms with Gasteiger partial charge in [-0.1, -0.05) is 81.3 Å². The first-order valence-corrected chi connectivity index (χ1v) is 14.6. The fourth-order valence-corrected chi connectivity index (χ4v) is 5.94. The normalized spacial score (nSPS) is 15.3. The van der Waals surface area contributed by atoms with E-state index in [1.165, 1.54) is 37.3 Å². The summed E-state index contributed by atoms with van der Waals surface area (Å²) in [6, 6.07) is 19.2. The number of allylic oxidation sites excluding steroid dienone is 1. The summed E-state index contributed by atoms with van der Waals surface area (Å²) in [5.41, 5.74) is -1.13. The molecule has 42 heavy (non-hydrogen) atoms. The van der Waals surface area contributed by atoms with Gasteiger partial charge in [0.15, 0.2) is 10.5 Å². The largest absolute Gasteiger partial charge is 0.488 e. The van der Waals surface area contributed by atoms with E-state index in [4.69, 9.17) is 21.1 Å². The molecule has 2 heterocycles. The number of hydrogen-bond acceptors (Lipinski definition) is 6. The number of nitrogens with zero attached hydrogens (tertiary/aromatic N) is 2. The van der Waals surface area contributed by atoms with E-state index in [0.717, 1.165) is 21.5 Å². The summed E-state index contributed by atoms with van der Waals surface area (Å²) in [5.74, 6) is -0.753. The van der Waals surface area contributed by atoms with Crippen molar-refractivity contribution in [2.75, 3.05) is 6.61 Å². The highest BCUT2D eigenvalue weighted by molar-refractivity contribution is 9.10. The van der Waals surface area contributed by atoms with Gasteiger partial charge in [-0.15, -0.1) is 0 Å².